The van der Waals surface area contributed by atoms with Gasteiger partial charge in [-0.1, -0.05) is 60.1 Å². The molecule has 1 aliphatic heterocycles. The fraction of sp³-hybridized carbons (Fsp3) is 0.250. The molecule has 200 valence electrons. The summed E-state index contributed by atoms with van der Waals surface area (Å²) in [5, 5.41) is 2.19. The van der Waals surface area contributed by atoms with E-state index in [0.717, 1.165) is 17.0 Å². The number of anilines is 1. The minimum absolute atomic E-state index is 0.139. The number of hydrogen-bond acceptors (Lipinski definition) is 3. The van der Waals surface area contributed by atoms with Crippen LogP contribution in [-0.4, -0.2) is 28.7 Å². The summed E-state index contributed by atoms with van der Waals surface area (Å²) in [5.74, 6) is -4.49. The van der Waals surface area contributed by atoms with Gasteiger partial charge in [-0.15, -0.1) is 23.2 Å². The molecule has 4 aliphatic rings. The lowest BCUT2D eigenvalue weighted by Crippen LogP contribution is -2.57. The van der Waals surface area contributed by atoms with Crippen molar-refractivity contribution in [3.8, 4) is 0 Å². The molecule has 2 bridgehead atoms. The van der Waals surface area contributed by atoms with E-state index in [0.29, 0.717) is 28.3 Å². The Hall–Kier alpha value is -3.07. The average Bonchev–Trinajstić information content (AvgIpc) is 3.18. The highest BCUT2D eigenvalue weighted by molar-refractivity contribution is 6.36. The topological polar surface area (TPSA) is 66.5 Å². The van der Waals surface area contributed by atoms with E-state index in [2.05, 4.69) is 5.32 Å². The Bertz CT molecular complexity index is 1470. The summed E-state index contributed by atoms with van der Waals surface area (Å²) in [7, 11) is 0. The third-order valence-electron chi connectivity index (χ3n) is 7.94. The zero-order chi connectivity index (χ0) is 28.1. The molecule has 1 fully saturated rings. The van der Waals surface area contributed by atoms with Crippen LogP contribution in [-0.2, 0) is 30.3 Å². The smallest absolute Gasteiger partial charge is 0.323 e. The number of halogens is 6. The fourth-order valence-corrected chi connectivity index (χ4v) is 7.48. The maximum Gasteiger partial charge on any atom is 0.416 e. The lowest BCUT2D eigenvalue weighted by Gasteiger charge is -2.54. The number of imide groups is 1. The van der Waals surface area contributed by atoms with Crippen LogP contribution in [0.5, 0.6) is 0 Å². The first-order valence-corrected chi connectivity index (χ1v) is 13.1. The average molecular weight is 594 g/mol. The molecule has 0 unspecified atom stereocenters. The Morgan fingerprint density at radius 1 is 0.872 bits per heavy atom. The van der Waals surface area contributed by atoms with Crippen LogP contribution in [0.25, 0.3) is 0 Å². The summed E-state index contributed by atoms with van der Waals surface area (Å²) in [4.78, 5) is 39.1. The molecule has 3 aromatic rings. The number of nitrogens with one attached hydrogen (secondary N) is 1. The first kappa shape index (κ1) is 26.2. The molecule has 39 heavy (non-hydrogen) atoms. The SMILES string of the molecule is C[C@@H](C(=O)Nc1cc(C(F)(F)F)ccc1Cl)N1C(=O)[C@@H]2[C@H](C1=O)C1(Cl)c3ccccc3C2(Cl)c2ccccc21. The fourth-order valence-electron chi connectivity index (χ4n) is 6.22. The van der Waals surface area contributed by atoms with Gasteiger partial charge in [-0.05, 0) is 47.4 Å². The van der Waals surface area contributed by atoms with Gasteiger partial charge in [-0.2, -0.15) is 13.2 Å². The van der Waals surface area contributed by atoms with Crippen LogP contribution in [0.2, 0.25) is 5.02 Å². The first-order chi connectivity index (χ1) is 18.3. The van der Waals surface area contributed by atoms with Gasteiger partial charge in [0.05, 0.1) is 28.1 Å². The summed E-state index contributed by atoms with van der Waals surface area (Å²) in [6.45, 7) is 1.31. The minimum atomic E-state index is -4.67. The number of hydrogen-bond donors (Lipinski definition) is 1. The monoisotopic (exact) mass is 592 g/mol. The van der Waals surface area contributed by atoms with Crippen molar-refractivity contribution >= 4 is 58.2 Å². The number of nitrogens with zero attached hydrogens (tertiary/aromatic N) is 1. The van der Waals surface area contributed by atoms with Crippen molar-refractivity contribution in [1.82, 2.24) is 4.90 Å². The number of carbonyl (C=O) groups excluding carboxylic acids is 3. The molecule has 1 saturated heterocycles. The van der Waals surface area contributed by atoms with Crippen LogP contribution in [0.4, 0.5) is 18.9 Å². The van der Waals surface area contributed by atoms with E-state index in [1.165, 1.54) is 6.92 Å². The Labute approximate surface area is 235 Å². The van der Waals surface area contributed by atoms with Crippen LogP contribution >= 0.6 is 34.8 Å². The number of alkyl halides is 5. The summed E-state index contributed by atoms with van der Waals surface area (Å²) in [6.07, 6.45) is -4.67. The van der Waals surface area contributed by atoms with E-state index < -0.39 is 57.1 Å². The first-order valence-electron chi connectivity index (χ1n) is 11.9. The second-order valence-electron chi connectivity index (χ2n) is 9.87. The molecule has 3 amide bonds. The summed E-state index contributed by atoms with van der Waals surface area (Å²) in [5.41, 5.74) is 1.11. The molecule has 0 spiro atoms. The number of carbonyl (C=O) groups is 3. The quantitative estimate of drug-likeness (QED) is 0.287. The van der Waals surface area contributed by atoms with E-state index in [1.807, 2.05) is 0 Å². The highest BCUT2D eigenvalue weighted by Crippen LogP contribution is 2.69. The van der Waals surface area contributed by atoms with Crippen LogP contribution in [0.3, 0.4) is 0 Å². The second kappa shape index (κ2) is 8.46. The normalized spacial score (nSPS) is 27.6. The second-order valence-corrected chi connectivity index (χ2v) is 11.5. The highest BCUT2D eigenvalue weighted by atomic mass is 35.5. The van der Waals surface area contributed by atoms with Crippen molar-refractivity contribution in [2.24, 2.45) is 11.8 Å². The van der Waals surface area contributed by atoms with Gasteiger partial charge in [-0.25, -0.2) is 0 Å². The summed E-state index contributed by atoms with van der Waals surface area (Å²) >= 11 is 20.8. The molecular formula is C28H18Cl3F3N2O3. The van der Waals surface area contributed by atoms with Crippen LogP contribution in [0.1, 0.15) is 34.7 Å². The Kier molecular flexibility index (Phi) is 5.68. The summed E-state index contributed by atoms with van der Waals surface area (Å²) < 4.78 is 39.6. The molecular weight excluding hydrogens is 576 g/mol. The number of benzene rings is 3. The van der Waals surface area contributed by atoms with E-state index in [-0.39, 0.29) is 10.7 Å². The van der Waals surface area contributed by atoms with Crippen LogP contribution in [0.15, 0.2) is 66.7 Å². The minimum Gasteiger partial charge on any atom is -0.323 e. The molecule has 1 N–H and O–H groups in total. The van der Waals surface area contributed by atoms with Gasteiger partial charge >= 0.3 is 6.18 Å². The molecule has 3 atom stereocenters. The molecule has 3 aromatic carbocycles. The zero-order valence-corrected chi connectivity index (χ0v) is 22.3. The van der Waals surface area contributed by atoms with E-state index >= 15 is 0 Å². The molecule has 5 nitrogen and oxygen atoms in total. The van der Waals surface area contributed by atoms with E-state index in [4.69, 9.17) is 34.8 Å². The third kappa shape index (κ3) is 3.38. The molecule has 0 saturated carbocycles. The van der Waals surface area contributed by atoms with Crippen molar-refractivity contribution in [2.75, 3.05) is 5.32 Å². The Morgan fingerprint density at radius 2 is 1.31 bits per heavy atom. The Morgan fingerprint density at radius 3 is 1.72 bits per heavy atom. The van der Waals surface area contributed by atoms with Crippen molar-refractivity contribution in [3.63, 3.8) is 0 Å². The zero-order valence-electron chi connectivity index (χ0n) is 20.0. The molecule has 7 rings (SSSR count). The highest BCUT2D eigenvalue weighted by Gasteiger charge is 2.73. The van der Waals surface area contributed by atoms with E-state index in [1.54, 1.807) is 48.5 Å². The van der Waals surface area contributed by atoms with Gasteiger partial charge in [0.15, 0.2) is 0 Å². The van der Waals surface area contributed by atoms with Crippen molar-refractivity contribution < 1.29 is 27.6 Å². The van der Waals surface area contributed by atoms with Gasteiger partial charge in [0.25, 0.3) is 0 Å². The molecule has 3 aliphatic carbocycles. The van der Waals surface area contributed by atoms with Gasteiger partial charge in [0.2, 0.25) is 17.7 Å². The van der Waals surface area contributed by atoms with Crippen molar-refractivity contribution in [2.45, 2.75) is 28.9 Å². The third-order valence-corrected chi connectivity index (χ3v) is 9.55. The van der Waals surface area contributed by atoms with Gasteiger partial charge in [0.1, 0.15) is 15.8 Å². The number of likely N-dealkylation sites (tertiary alicyclic amines) is 1. The predicted octanol–water partition coefficient (Wildman–Crippen LogP) is 6.28. The molecule has 0 aromatic heterocycles. The van der Waals surface area contributed by atoms with Gasteiger partial charge < -0.3 is 5.32 Å². The van der Waals surface area contributed by atoms with Crippen LogP contribution in [0, 0.1) is 11.8 Å². The standard InChI is InChI=1S/C28H18Cl3F3N2O3/c1-13(23(37)35-20-12-14(28(32,33)34)10-11-19(20)29)36-24(38)21-22(25(36)39)27(31)16-7-3-2-6-15(16)26(21,30)17-8-4-5-9-18(17)27/h2-13,21-22H,1H3,(H,35,37)/t13-,21-,22+,26?,27?/m0/s1. The predicted molar refractivity (Wildman–Crippen MR) is 140 cm³/mol. The van der Waals surface area contributed by atoms with Crippen LogP contribution < -0.4 is 5.32 Å². The lowest BCUT2D eigenvalue weighted by molar-refractivity contribution is -0.146. The van der Waals surface area contributed by atoms with E-state index in [9.17, 15) is 27.6 Å². The summed E-state index contributed by atoms with van der Waals surface area (Å²) in [6, 6.07) is 15.3. The van der Waals surface area contributed by atoms with Crippen molar-refractivity contribution in [1.29, 1.82) is 0 Å². The maximum atomic E-state index is 14.0. The number of rotatable bonds is 3. The largest absolute Gasteiger partial charge is 0.416 e. The molecule has 11 heteroatoms. The van der Waals surface area contributed by atoms with Crippen molar-refractivity contribution in [3.05, 3.63) is 99.6 Å². The molecule has 1 heterocycles. The lowest BCUT2D eigenvalue weighted by atomic mass is 9.54. The molecule has 0 radical (unpaired) electrons. The number of amides is 3. The van der Waals surface area contributed by atoms with Gasteiger partial charge in [-0.3, -0.25) is 19.3 Å². The van der Waals surface area contributed by atoms with Gasteiger partial charge in [0, 0.05) is 0 Å². The Balaban J connectivity index is 1.40. The maximum absolute atomic E-state index is 14.0.